The lowest BCUT2D eigenvalue weighted by Crippen LogP contribution is -2.30. The molecule has 1 saturated carbocycles. The van der Waals surface area contributed by atoms with Gasteiger partial charge in [-0.15, -0.1) is 0 Å². The molecule has 32 heavy (non-hydrogen) atoms. The van der Waals surface area contributed by atoms with Crippen molar-refractivity contribution in [3.05, 3.63) is 53.2 Å². The third-order valence-electron chi connectivity index (χ3n) is 5.65. The van der Waals surface area contributed by atoms with E-state index in [0.29, 0.717) is 18.4 Å². The first kappa shape index (κ1) is 21.8. The molecule has 0 saturated heterocycles. The first-order valence-corrected chi connectivity index (χ1v) is 10.1. The van der Waals surface area contributed by atoms with E-state index in [1.54, 1.807) is 30.3 Å². The zero-order valence-corrected chi connectivity index (χ0v) is 17.1. The molecule has 1 aliphatic rings. The fourth-order valence-corrected chi connectivity index (χ4v) is 3.78. The maximum atomic E-state index is 13.4. The first-order chi connectivity index (χ1) is 15.1. The molecule has 1 aliphatic carbocycles. The van der Waals surface area contributed by atoms with Gasteiger partial charge in [-0.05, 0) is 37.8 Å². The molecule has 0 radical (unpaired) electrons. The number of hydrogen-bond donors (Lipinski definition) is 2. The van der Waals surface area contributed by atoms with Gasteiger partial charge in [0, 0.05) is 6.04 Å². The van der Waals surface area contributed by atoms with E-state index in [4.69, 9.17) is 5.26 Å². The number of imidazole rings is 1. The Bertz CT molecular complexity index is 1210. The van der Waals surface area contributed by atoms with E-state index in [1.807, 2.05) is 0 Å². The lowest BCUT2D eigenvalue weighted by Gasteiger charge is -2.29. The van der Waals surface area contributed by atoms with Crippen LogP contribution >= 0.6 is 0 Å². The summed E-state index contributed by atoms with van der Waals surface area (Å²) in [5, 5.41) is 22.5. The molecule has 0 aliphatic heterocycles. The fourth-order valence-electron chi connectivity index (χ4n) is 3.78. The van der Waals surface area contributed by atoms with Gasteiger partial charge in [0.2, 0.25) is 11.9 Å². The summed E-state index contributed by atoms with van der Waals surface area (Å²) in [6.07, 6.45) is -2.78. The number of aliphatic hydroxyl groups is 1. The normalized spacial score (nSPS) is 16.2. The van der Waals surface area contributed by atoms with Crippen molar-refractivity contribution < 1.29 is 23.1 Å². The number of carbonyl (C=O) groups excluding carboxylic acids is 1. The number of fused-ring (bicyclic) bond motifs is 1. The van der Waals surface area contributed by atoms with E-state index in [2.05, 4.69) is 15.3 Å². The second kappa shape index (κ2) is 7.91. The van der Waals surface area contributed by atoms with Crippen LogP contribution in [-0.4, -0.2) is 25.5 Å². The zero-order valence-electron chi connectivity index (χ0n) is 17.1. The zero-order chi connectivity index (χ0) is 23.1. The molecule has 7 nitrogen and oxygen atoms in total. The van der Waals surface area contributed by atoms with Crippen molar-refractivity contribution >= 4 is 23.0 Å². The summed E-state index contributed by atoms with van der Waals surface area (Å²) in [5.74, 6) is -0.499. The molecule has 0 unspecified atom stereocenters. The van der Waals surface area contributed by atoms with Gasteiger partial charge < -0.3 is 5.11 Å². The van der Waals surface area contributed by atoms with Crippen molar-refractivity contribution in [2.24, 2.45) is 0 Å². The third-order valence-corrected chi connectivity index (χ3v) is 5.65. The molecule has 2 N–H and O–H groups in total. The summed E-state index contributed by atoms with van der Waals surface area (Å²) in [6, 6.07) is 11.1. The summed E-state index contributed by atoms with van der Waals surface area (Å²) >= 11 is 0. The first-order valence-electron chi connectivity index (χ1n) is 10.1. The lowest BCUT2D eigenvalue weighted by molar-refractivity contribution is -0.141. The summed E-state index contributed by atoms with van der Waals surface area (Å²) in [6.45, 7) is 1.51. The fraction of sp³-hybridized carbons (Fsp3) is 0.364. The number of carbonyl (C=O) groups is 1. The number of pyridine rings is 1. The van der Waals surface area contributed by atoms with Gasteiger partial charge in [-0.3, -0.25) is 14.7 Å². The van der Waals surface area contributed by atoms with Crippen LogP contribution in [0.2, 0.25) is 0 Å². The Labute approximate surface area is 181 Å². The molecule has 4 rings (SSSR count). The Morgan fingerprint density at radius 1 is 1.28 bits per heavy atom. The number of benzene rings is 1. The molecule has 10 heteroatoms. The highest BCUT2D eigenvalue weighted by Crippen LogP contribution is 2.39. The van der Waals surface area contributed by atoms with Crippen LogP contribution in [0.15, 0.2) is 36.4 Å². The minimum atomic E-state index is -4.80. The lowest BCUT2D eigenvalue weighted by atomic mass is 9.92. The Balaban J connectivity index is 1.71. The Hall–Kier alpha value is -3.45. The maximum Gasteiger partial charge on any atom is 0.434 e. The van der Waals surface area contributed by atoms with E-state index < -0.39 is 28.9 Å². The number of anilines is 1. The van der Waals surface area contributed by atoms with Gasteiger partial charge in [0.05, 0.1) is 17.6 Å². The van der Waals surface area contributed by atoms with Gasteiger partial charge in [0.25, 0.3) is 0 Å². The van der Waals surface area contributed by atoms with Gasteiger partial charge in [-0.25, -0.2) is 9.97 Å². The molecule has 1 atom stereocenters. The average molecular weight is 443 g/mol. The van der Waals surface area contributed by atoms with Crippen LogP contribution in [0.3, 0.4) is 0 Å². The molecule has 1 fully saturated rings. The summed E-state index contributed by atoms with van der Waals surface area (Å²) < 4.78 is 41.7. The number of hydrogen-bond acceptors (Lipinski definition) is 5. The number of nitriles is 1. The molecule has 1 aromatic carbocycles. The third kappa shape index (κ3) is 4.03. The minimum Gasteiger partial charge on any atom is -0.385 e. The number of nitrogens with one attached hydrogen (secondary N) is 1. The molecule has 3 aromatic rings. The van der Waals surface area contributed by atoms with Crippen molar-refractivity contribution in [2.75, 3.05) is 5.32 Å². The second-order valence-corrected chi connectivity index (χ2v) is 8.09. The van der Waals surface area contributed by atoms with Crippen LogP contribution in [0.5, 0.6) is 0 Å². The predicted molar refractivity (Wildman–Crippen MR) is 109 cm³/mol. The molecular formula is C22H20F3N5O2. The summed E-state index contributed by atoms with van der Waals surface area (Å²) in [7, 11) is 0. The number of halogens is 3. The van der Waals surface area contributed by atoms with Gasteiger partial charge in [-0.1, -0.05) is 30.3 Å². The van der Waals surface area contributed by atoms with E-state index in [0.717, 1.165) is 12.5 Å². The molecule has 0 spiro atoms. The molecule has 0 bridgehead atoms. The van der Waals surface area contributed by atoms with Crippen LogP contribution in [0.25, 0.3) is 11.2 Å². The summed E-state index contributed by atoms with van der Waals surface area (Å²) in [4.78, 5) is 20.7. The van der Waals surface area contributed by atoms with Gasteiger partial charge >= 0.3 is 6.18 Å². The van der Waals surface area contributed by atoms with Crippen LogP contribution in [0.4, 0.5) is 19.1 Å². The molecule has 2 aromatic heterocycles. The SMILES string of the molecule is C[C@](O)(CC(=O)Nc1nc2cc(C#N)c(C(F)(F)F)nc2n1C1CCC1)c1ccccc1. The van der Waals surface area contributed by atoms with E-state index in [-0.39, 0.29) is 29.6 Å². The molecule has 2 heterocycles. The number of nitrogens with zero attached hydrogens (tertiary/aromatic N) is 4. The maximum absolute atomic E-state index is 13.4. The van der Waals surface area contributed by atoms with E-state index in [9.17, 15) is 23.1 Å². The highest BCUT2D eigenvalue weighted by molar-refractivity contribution is 5.92. The smallest absolute Gasteiger partial charge is 0.385 e. The molecular weight excluding hydrogens is 423 g/mol. The van der Waals surface area contributed by atoms with Crippen molar-refractivity contribution in [2.45, 2.75) is 50.4 Å². The minimum absolute atomic E-state index is 0.0360. The van der Waals surface area contributed by atoms with E-state index in [1.165, 1.54) is 17.6 Å². The number of rotatable bonds is 5. The molecule has 166 valence electrons. The predicted octanol–water partition coefficient (Wildman–Crippen LogP) is 4.28. The van der Waals surface area contributed by atoms with Gasteiger partial charge in [-0.2, -0.15) is 18.4 Å². The van der Waals surface area contributed by atoms with Crippen molar-refractivity contribution in [3.8, 4) is 6.07 Å². The van der Waals surface area contributed by atoms with Crippen LogP contribution in [0, 0.1) is 11.3 Å². The monoisotopic (exact) mass is 443 g/mol. The Morgan fingerprint density at radius 2 is 1.97 bits per heavy atom. The Morgan fingerprint density at radius 3 is 2.53 bits per heavy atom. The highest BCUT2D eigenvalue weighted by atomic mass is 19.4. The summed E-state index contributed by atoms with van der Waals surface area (Å²) in [5.41, 5.74) is -2.75. The standard InChI is InChI=1S/C22H20F3N5O2/c1-21(32,14-6-3-2-4-7-14)11-17(31)28-20-27-16-10-13(12-26)18(22(23,24)25)29-19(16)30(20)15-8-5-9-15/h2-4,6-7,10,15,32H,5,8-9,11H2,1H3,(H,27,28,31)/t21-/m0/s1. The van der Waals surface area contributed by atoms with Crippen LogP contribution in [-0.2, 0) is 16.6 Å². The average Bonchev–Trinajstić information content (AvgIpc) is 3.02. The Kier molecular flexibility index (Phi) is 5.38. The van der Waals surface area contributed by atoms with Crippen molar-refractivity contribution in [3.63, 3.8) is 0 Å². The number of aromatic nitrogens is 3. The van der Waals surface area contributed by atoms with E-state index >= 15 is 0 Å². The second-order valence-electron chi connectivity index (χ2n) is 8.09. The number of alkyl halides is 3. The molecule has 1 amide bonds. The van der Waals surface area contributed by atoms with Crippen molar-refractivity contribution in [1.82, 2.24) is 14.5 Å². The van der Waals surface area contributed by atoms with Crippen LogP contribution < -0.4 is 5.32 Å². The van der Waals surface area contributed by atoms with Crippen LogP contribution in [0.1, 0.15) is 55.5 Å². The topological polar surface area (TPSA) is 104 Å². The van der Waals surface area contributed by atoms with Gasteiger partial charge in [0.15, 0.2) is 11.3 Å². The van der Waals surface area contributed by atoms with Gasteiger partial charge in [0.1, 0.15) is 11.6 Å². The quantitative estimate of drug-likeness (QED) is 0.613. The number of amides is 1. The van der Waals surface area contributed by atoms with Crippen molar-refractivity contribution in [1.29, 1.82) is 5.26 Å². The largest absolute Gasteiger partial charge is 0.434 e. The highest BCUT2D eigenvalue weighted by Gasteiger charge is 2.38.